The Labute approximate surface area is 224 Å². The molecule has 38 heavy (non-hydrogen) atoms. The topological polar surface area (TPSA) is 86.8 Å². The van der Waals surface area contributed by atoms with Gasteiger partial charge in [0.1, 0.15) is 18.4 Å². The molecule has 1 N–H and O–H groups in total. The second-order valence-corrected chi connectivity index (χ2v) is 11.2. The predicted molar refractivity (Wildman–Crippen MR) is 148 cm³/mol. The number of sulfonamides is 1. The summed E-state index contributed by atoms with van der Waals surface area (Å²) >= 11 is 0. The first kappa shape index (κ1) is 28.8. The number of amides is 2. The van der Waals surface area contributed by atoms with Crippen LogP contribution in [0.4, 0.5) is 10.1 Å². The molecule has 2 amide bonds. The van der Waals surface area contributed by atoms with Gasteiger partial charge in [-0.3, -0.25) is 13.9 Å². The van der Waals surface area contributed by atoms with Crippen LogP contribution in [0.2, 0.25) is 0 Å². The third-order valence-electron chi connectivity index (χ3n) is 6.35. The van der Waals surface area contributed by atoms with Crippen LogP contribution in [0.3, 0.4) is 0 Å². The Morgan fingerprint density at radius 2 is 1.58 bits per heavy atom. The van der Waals surface area contributed by atoms with E-state index in [0.717, 1.165) is 27.3 Å². The fourth-order valence-electron chi connectivity index (χ4n) is 4.13. The third-order valence-corrected chi connectivity index (χ3v) is 7.49. The summed E-state index contributed by atoms with van der Waals surface area (Å²) in [7, 11) is -3.83. The zero-order chi connectivity index (χ0) is 27.9. The normalized spacial score (nSPS) is 12.0. The van der Waals surface area contributed by atoms with Crippen molar-refractivity contribution in [3.05, 3.63) is 101 Å². The second-order valence-electron chi connectivity index (χ2n) is 9.29. The molecule has 0 bridgehead atoms. The summed E-state index contributed by atoms with van der Waals surface area (Å²) < 4.78 is 40.3. The van der Waals surface area contributed by atoms with Crippen LogP contribution in [0.25, 0.3) is 0 Å². The molecule has 0 spiro atoms. The van der Waals surface area contributed by atoms with Gasteiger partial charge >= 0.3 is 0 Å². The molecule has 0 radical (unpaired) electrons. The number of nitrogens with one attached hydrogen (secondary N) is 1. The van der Waals surface area contributed by atoms with Gasteiger partial charge in [0.25, 0.3) is 0 Å². The van der Waals surface area contributed by atoms with Crippen molar-refractivity contribution in [2.75, 3.05) is 23.7 Å². The Morgan fingerprint density at radius 1 is 0.921 bits per heavy atom. The smallest absolute Gasteiger partial charge is 0.244 e. The van der Waals surface area contributed by atoms with E-state index in [0.29, 0.717) is 17.8 Å². The number of carbonyl (C=O) groups is 2. The van der Waals surface area contributed by atoms with Gasteiger partial charge in [-0.1, -0.05) is 48.5 Å². The summed E-state index contributed by atoms with van der Waals surface area (Å²) in [5.41, 5.74) is 3.69. The van der Waals surface area contributed by atoms with E-state index in [1.807, 2.05) is 44.2 Å². The van der Waals surface area contributed by atoms with Crippen molar-refractivity contribution in [3.63, 3.8) is 0 Å². The summed E-state index contributed by atoms with van der Waals surface area (Å²) in [6.07, 6.45) is 1.27. The van der Waals surface area contributed by atoms with Crippen LogP contribution in [0.1, 0.15) is 29.2 Å². The van der Waals surface area contributed by atoms with E-state index in [9.17, 15) is 22.4 Å². The van der Waals surface area contributed by atoms with Crippen LogP contribution in [-0.4, -0.2) is 50.5 Å². The number of likely N-dealkylation sites (N-methyl/N-ethyl adjacent to an activating group) is 1. The Hall–Kier alpha value is -3.72. The summed E-state index contributed by atoms with van der Waals surface area (Å²) in [6.45, 7) is 5.44. The van der Waals surface area contributed by atoms with Gasteiger partial charge in [0, 0.05) is 19.5 Å². The van der Waals surface area contributed by atoms with Gasteiger partial charge in [-0.25, -0.2) is 12.8 Å². The first-order chi connectivity index (χ1) is 18.0. The molecule has 0 aliphatic carbocycles. The standard InChI is InChI=1S/C29H34FN3O4S/c1-5-31-29(35)27(18-23-9-7-6-8-10-23)32(19-24-12-14-25(30)15-13-24)28(34)20-33(38(4,36)37)26-16-11-21(2)22(3)17-26/h6-17,27H,5,18-20H2,1-4H3,(H,31,35)/t27-/m1/s1. The number of halogens is 1. The van der Waals surface area contributed by atoms with Crippen molar-refractivity contribution in [3.8, 4) is 0 Å². The summed E-state index contributed by atoms with van der Waals surface area (Å²) in [4.78, 5) is 28.6. The van der Waals surface area contributed by atoms with Crippen molar-refractivity contribution in [2.24, 2.45) is 0 Å². The maximum atomic E-state index is 13.9. The van der Waals surface area contributed by atoms with Gasteiger partial charge in [0.2, 0.25) is 21.8 Å². The largest absolute Gasteiger partial charge is 0.355 e. The lowest BCUT2D eigenvalue weighted by molar-refractivity contribution is -0.140. The van der Waals surface area contributed by atoms with Crippen molar-refractivity contribution in [1.82, 2.24) is 10.2 Å². The Bertz CT molecular complexity index is 1360. The molecule has 0 saturated carbocycles. The van der Waals surface area contributed by atoms with Crippen LogP contribution in [-0.2, 0) is 32.6 Å². The monoisotopic (exact) mass is 539 g/mol. The van der Waals surface area contributed by atoms with E-state index in [2.05, 4.69) is 5.32 Å². The van der Waals surface area contributed by atoms with E-state index in [1.54, 1.807) is 37.3 Å². The third kappa shape index (κ3) is 7.64. The minimum absolute atomic E-state index is 0.00171. The van der Waals surface area contributed by atoms with Crippen molar-refractivity contribution in [1.29, 1.82) is 0 Å². The summed E-state index contributed by atoms with van der Waals surface area (Å²) in [5, 5.41) is 2.80. The van der Waals surface area contributed by atoms with Gasteiger partial charge in [-0.15, -0.1) is 0 Å². The van der Waals surface area contributed by atoms with Crippen LogP contribution >= 0.6 is 0 Å². The number of anilines is 1. The van der Waals surface area contributed by atoms with E-state index in [1.165, 1.54) is 17.0 Å². The second kappa shape index (κ2) is 12.7. The molecule has 202 valence electrons. The minimum Gasteiger partial charge on any atom is -0.355 e. The van der Waals surface area contributed by atoms with E-state index in [4.69, 9.17) is 0 Å². The highest BCUT2D eigenvalue weighted by molar-refractivity contribution is 7.92. The molecule has 0 aliphatic heterocycles. The highest BCUT2D eigenvalue weighted by atomic mass is 32.2. The van der Waals surface area contributed by atoms with E-state index >= 15 is 0 Å². The van der Waals surface area contributed by atoms with Crippen LogP contribution in [0.15, 0.2) is 72.8 Å². The molecule has 3 rings (SSSR count). The Morgan fingerprint density at radius 3 is 2.16 bits per heavy atom. The summed E-state index contributed by atoms with van der Waals surface area (Å²) in [5.74, 6) is -1.33. The van der Waals surface area contributed by atoms with E-state index < -0.39 is 34.3 Å². The molecule has 0 unspecified atom stereocenters. The Kier molecular flexibility index (Phi) is 9.63. The average molecular weight is 540 g/mol. The van der Waals surface area contributed by atoms with Gasteiger partial charge in [-0.05, 0) is 67.3 Å². The zero-order valence-electron chi connectivity index (χ0n) is 22.1. The van der Waals surface area contributed by atoms with Crippen molar-refractivity contribution >= 4 is 27.5 Å². The lowest BCUT2D eigenvalue weighted by Gasteiger charge is -2.33. The molecular weight excluding hydrogens is 505 g/mol. The number of rotatable bonds is 11. The molecule has 0 aromatic heterocycles. The predicted octanol–water partition coefficient (Wildman–Crippen LogP) is 3.98. The first-order valence-corrected chi connectivity index (χ1v) is 14.2. The highest BCUT2D eigenvalue weighted by Crippen LogP contribution is 2.23. The fourth-order valence-corrected chi connectivity index (χ4v) is 4.97. The average Bonchev–Trinajstić information content (AvgIpc) is 2.87. The van der Waals surface area contributed by atoms with Gasteiger partial charge in [0.15, 0.2) is 0 Å². The number of aryl methyl sites for hydroxylation is 2. The van der Waals surface area contributed by atoms with Crippen molar-refractivity contribution in [2.45, 2.75) is 39.8 Å². The van der Waals surface area contributed by atoms with Gasteiger partial charge in [0.05, 0.1) is 11.9 Å². The first-order valence-electron chi connectivity index (χ1n) is 12.4. The number of carbonyl (C=O) groups excluding carboxylic acids is 2. The lowest BCUT2D eigenvalue weighted by atomic mass is 10.0. The SMILES string of the molecule is CCNC(=O)[C@@H](Cc1ccccc1)N(Cc1ccc(F)cc1)C(=O)CN(c1ccc(C)c(C)c1)S(C)(=O)=O. The number of nitrogens with zero attached hydrogens (tertiary/aromatic N) is 2. The molecule has 7 nitrogen and oxygen atoms in total. The lowest BCUT2D eigenvalue weighted by Crippen LogP contribution is -2.53. The molecule has 3 aromatic rings. The van der Waals surface area contributed by atoms with Crippen LogP contribution in [0.5, 0.6) is 0 Å². The molecule has 9 heteroatoms. The minimum atomic E-state index is -3.83. The fraction of sp³-hybridized carbons (Fsp3) is 0.310. The van der Waals surface area contributed by atoms with Crippen molar-refractivity contribution < 1.29 is 22.4 Å². The number of benzene rings is 3. The Balaban J connectivity index is 2.04. The highest BCUT2D eigenvalue weighted by Gasteiger charge is 2.32. The van der Waals surface area contributed by atoms with Gasteiger partial charge in [-0.2, -0.15) is 0 Å². The van der Waals surface area contributed by atoms with E-state index in [-0.39, 0.29) is 18.9 Å². The zero-order valence-corrected chi connectivity index (χ0v) is 23.0. The maximum Gasteiger partial charge on any atom is 0.244 e. The van der Waals surface area contributed by atoms with Crippen LogP contribution in [0, 0.1) is 19.7 Å². The van der Waals surface area contributed by atoms with Gasteiger partial charge < -0.3 is 10.2 Å². The maximum absolute atomic E-state index is 13.9. The van der Waals surface area contributed by atoms with Crippen LogP contribution < -0.4 is 9.62 Å². The number of hydrogen-bond acceptors (Lipinski definition) is 4. The molecule has 0 fully saturated rings. The molecule has 0 aliphatic rings. The summed E-state index contributed by atoms with van der Waals surface area (Å²) in [6, 6.07) is 19.2. The molecular formula is C29H34FN3O4S. The molecule has 3 aromatic carbocycles. The molecule has 0 saturated heterocycles. The molecule has 0 heterocycles. The molecule has 1 atom stereocenters. The quantitative estimate of drug-likeness (QED) is 0.399. The number of hydrogen-bond donors (Lipinski definition) is 1.